The zero-order valence-electron chi connectivity index (χ0n) is 9.99. The number of aromatic hydroxyl groups is 1. The maximum absolute atomic E-state index is 9.72. The van der Waals surface area contributed by atoms with Crippen LogP contribution in [-0.4, -0.2) is 25.4 Å². The van der Waals surface area contributed by atoms with Crippen LogP contribution in [0.1, 0.15) is 18.9 Å². The molecule has 0 saturated carbocycles. The van der Waals surface area contributed by atoms with Crippen LogP contribution >= 0.6 is 0 Å². The smallest absolute Gasteiger partial charge is 0.200 e. The standard InChI is InChI=1S/C12H19NO3/c1-4-9(13)5-8-6-10(15-2)12(14)11(7-8)16-3/h6-7,9,14H,4-5,13H2,1-3H3. The number of hydrogen-bond acceptors (Lipinski definition) is 4. The van der Waals surface area contributed by atoms with Gasteiger partial charge in [-0.05, 0) is 30.5 Å². The number of methoxy groups -OCH3 is 2. The molecular weight excluding hydrogens is 206 g/mol. The maximum atomic E-state index is 9.72. The highest BCUT2D eigenvalue weighted by Gasteiger charge is 2.12. The van der Waals surface area contributed by atoms with Crippen LogP contribution in [0.3, 0.4) is 0 Å². The molecule has 0 heterocycles. The SMILES string of the molecule is CCC(N)Cc1cc(OC)c(O)c(OC)c1. The molecule has 0 amide bonds. The highest BCUT2D eigenvalue weighted by atomic mass is 16.5. The van der Waals surface area contributed by atoms with Crippen molar-refractivity contribution in [3.63, 3.8) is 0 Å². The normalized spacial score (nSPS) is 12.2. The monoisotopic (exact) mass is 225 g/mol. The summed E-state index contributed by atoms with van der Waals surface area (Å²) in [6, 6.07) is 3.68. The van der Waals surface area contributed by atoms with E-state index < -0.39 is 0 Å². The lowest BCUT2D eigenvalue weighted by atomic mass is 10.0. The molecule has 1 unspecified atom stereocenters. The van der Waals surface area contributed by atoms with Gasteiger partial charge in [0.1, 0.15) is 0 Å². The van der Waals surface area contributed by atoms with Gasteiger partial charge in [-0.25, -0.2) is 0 Å². The Hall–Kier alpha value is -1.42. The number of ether oxygens (including phenoxy) is 2. The lowest BCUT2D eigenvalue weighted by molar-refractivity contribution is 0.339. The van der Waals surface area contributed by atoms with Gasteiger partial charge in [0.2, 0.25) is 5.75 Å². The van der Waals surface area contributed by atoms with Gasteiger partial charge in [-0.15, -0.1) is 0 Å². The van der Waals surface area contributed by atoms with E-state index in [1.807, 2.05) is 6.92 Å². The first kappa shape index (κ1) is 12.6. The van der Waals surface area contributed by atoms with Crippen LogP contribution in [-0.2, 0) is 6.42 Å². The number of benzene rings is 1. The fourth-order valence-electron chi connectivity index (χ4n) is 1.51. The van der Waals surface area contributed by atoms with E-state index in [9.17, 15) is 5.11 Å². The molecule has 0 fully saturated rings. The maximum Gasteiger partial charge on any atom is 0.200 e. The van der Waals surface area contributed by atoms with Crippen molar-refractivity contribution >= 4 is 0 Å². The fraction of sp³-hybridized carbons (Fsp3) is 0.500. The second-order valence-corrected chi connectivity index (χ2v) is 3.72. The molecule has 90 valence electrons. The molecule has 3 N–H and O–H groups in total. The lowest BCUT2D eigenvalue weighted by Gasteiger charge is -2.13. The Balaban J connectivity index is 3.02. The van der Waals surface area contributed by atoms with Crippen molar-refractivity contribution < 1.29 is 14.6 Å². The van der Waals surface area contributed by atoms with Gasteiger partial charge < -0.3 is 20.3 Å². The second kappa shape index (κ2) is 5.61. The molecular formula is C12H19NO3. The summed E-state index contributed by atoms with van der Waals surface area (Å²) >= 11 is 0. The van der Waals surface area contributed by atoms with Gasteiger partial charge in [-0.2, -0.15) is 0 Å². The summed E-state index contributed by atoms with van der Waals surface area (Å²) in [4.78, 5) is 0. The van der Waals surface area contributed by atoms with Crippen molar-refractivity contribution in [3.05, 3.63) is 17.7 Å². The summed E-state index contributed by atoms with van der Waals surface area (Å²) in [5.41, 5.74) is 6.88. The number of nitrogens with two attached hydrogens (primary N) is 1. The van der Waals surface area contributed by atoms with Crippen molar-refractivity contribution in [1.82, 2.24) is 0 Å². The average molecular weight is 225 g/mol. The topological polar surface area (TPSA) is 64.7 Å². The largest absolute Gasteiger partial charge is 0.502 e. The third-order valence-corrected chi connectivity index (χ3v) is 2.56. The quantitative estimate of drug-likeness (QED) is 0.800. The first-order chi connectivity index (χ1) is 7.62. The van der Waals surface area contributed by atoms with Crippen molar-refractivity contribution in [2.24, 2.45) is 5.73 Å². The number of phenolic OH excluding ortho intramolecular Hbond substituents is 1. The molecule has 0 aromatic heterocycles. The van der Waals surface area contributed by atoms with Crippen LogP contribution in [0.4, 0.5) is 0 Å². The summed E-state index contributed by atoms with van der Waals surface area (Å²) in [6.07, 6.45) is 1.65. The molecule has 4 nitrogen and oxygen atoms in total. The van der Waals surface area contributed by atoms with Gasteiger partial charge in [0.15, 0.2) is 11.5 Å². The van der Waals surface area contributed by atoms with E-state index in [2.05, 4.69) is 0 Å². The molecule has 0 aliphatic rings. The summed E-state index contributed by atoms with van der Waals surface area (Å²) in [6.45, 7) is 2.04. The highest BCUT2D eigenvalue weighted by Crippen LogP contribution is 2.37. The molecule has 0 radical (unpaired) electrons. The van der Waals surface area contributed by atoms with Gasteiger partial charge >= 0.3 is 0 Å². The van der Waals surface area contributed by atoms with Crippen LogP contribution in [0.15, 0.2) is 12.1 Å². The Labute approximate surface area is 96.0 Å². The molecule has 16 heavy (non-hydrogen) atoms. The first-order valence-electron chi connectivity index (χ1n) is 5.31. The van der Waals surface area contributed by atoms with Gasteiger partial charge in [-0.1, -0.05) is 6.92 Å². The molecule has 1 aromatic carbocycles. The van der Waals surface area contributed by atoms with Gasteiger partial charge in [0, 0.05) is 6.04 Å². The van der Waals surface area contributed by atoms with Crippen LogP contribution in [0, 0.1) is 0 Å². The van der Waals surface area contributed by atoms with Crippen molar-refractivity contribution in [1.29, 1.82) is 0 Å². The lowest BCUT2D eigenvalue weighted by Crippen LogP contribution is -2.21. The fourth-order valence-corrected chi connectivity index (χ4v) is 1.51. The third-order valence-electron chi connectivity index (χ3n) is 2.56. The first-order valence-corrected chi connectivity index (χ1v) is 5.31. The summed E-state index contributed by atoms with van der Waals surface area (Å²) in [5.74, 6) is 0.856. The zero-order valence-corrected chi connectivity index (χ0v) is 9.99. The molecule has 1 rings (SSSR count). The zero-order chi connectivity index (χ0) is 12.1. The number of rotatable bonds is 5. The van der Waals surface area contributed by atoms with E-state index in [0.717, 1.165) is 18.4 Å². The van der Waals surface area contributed by atoms with E-state index in [0.29, 0.717) is 11.5 Å². The Morgan fingerprint density at radius 2 is 1.75 bits per heavy atom. The van der Waals surface area contributed by atoms with E-state index in [-0.39, 0.29) is 11.8 Å². The van der Waals surface area contributed by atoms with E-state index >= 15 is 0 Å². The third kappa shape index (κ3) is 2.79. The second-order valence-electron chi connectivity index (χ2n) is 3.72. The highest BCUT2D eigenvalue weighted by molar-refractivity contribution is 5.52. The molecule has 0 bridgehead atoms. The van der Waals surface area contributed by atoms with E-state index in [1.165, 1.54) is 14.2 Å². The van der Waals surface area contributed by atoms with Crippen molar-refractivity contribution in [2.75, 3.05) is 14.2 Å². The molecule has 1 atom stereocenters. The molecule has 0 saturated heterocycles. The molecule has 4 heteroatoms. The minimum absolute atomic E-state index is 0.0267. The predicted octanol–water partition coefficient (Wildman–Crippen LogP) is 1.69. The van der Waals surface area contributed by atoms with Gasteiger partial charge in [-0.3, -0.25) is 0 Å². The van der Waals surface area contributed by atoms with Crippen LogP contribution < -0.4 is 15.2 Å². The van der Waals surface area contributed by atoms with Gasteiger partial charge in [0.25, 0.3) is 0 Å². The molecule has 0 spiro atoms. The molecule has 0 aliphatic carbocycles. The minimum Gasteiger partial charge on any atom is -0.502 e. The van der Waals surface area contributed by atoms with Crippen LogP contribution in [0.5, 0.6) is 17.2 Å². The van der Waals surface area contributed by atoms with E-state index in [1.54, 1.807) is 12.1 Å². The van der Waals surface area contributed by atoms with E-state index in [4.69, 9.17) is 15.2 Å². The Morgan fingerprint density at radius 1 is 1.25 bits per heavy atom. The average Bonchev–Trinajstić information content (AvgIpc) is 2.30. The van der Waals surface area contributed by atoms with Crippen molar-refractivity contribution in [3.8, 4) is 17.2 Å². The van der Waals surface area contributed by atoms with Gasteiger partial charge in [0.05, 0.1) is 14.2 Å². The predicted molar refractivity (Wildman–Crippen MR) is 63.2 cm³/mol. The Kier molecular flexibility index (Phi) is 4.43. The van der Waals surface area contributed by atoms with Crippen LogP contribution in [0.25, 0.3) is 0 Å². The van der Waals surface area contributed by atoms with Crippen LogP contribution in [0.2, 0.25) is 0 Å². The minimum atomic E-state index is 0.0267. The summed E-state index contributed by atoms with van der Waals surface area (Å²) in [7, 11) is 3.02. The van der Waals surface area contributed by atoms with Crippen molar-refractivity contribution in [2.45, 2.75) is 25.8 Å². The Bertz CT molecular complexity index is 327. The Morgan fingerprint density at radius 3 is 2.12 bits per heavy atom. The summed E-state index contributed by atoms with van der Waals surface area (Å²) in [5, 5.41) is 9.72. The molecule has 0 aliphatic heterocycles. The number of hydrogen-bond donors (Lipinski definition) is 2. The summed E-state index contributed by atoms with van der Waals surface area (Å²) < 4.78 is 10.1. The number of phenols is 1. The molecule has 1 aromatic rings.